The van der Waals surface area contributed by atoms with Gasteiger partial charge in [0.05, 0.1) is 20.8 Å². The molecule has 0 bridgehead atoms. The number of rotatable bonds is 8. The number of alkyl halides is 3. The minimum Gasteiger partial charge on any atom is -0.404 e. The molecule has 212 valence electrons. The Labute approximate surface area is 256 Å². The summed E-state index contributed by atoms with van der Waals surface area (Å²) in [5, 5.41) is 10.2. The second-order valence-corrected chi connectivity index (χ2v) is 12.6. The van der Waals surface area contributed by atoms with Crippen molar-refractivity contribution < 1.29 is 31.5 Å². The Hall–Kier alpha value is -1.10. The number of aromatic nitrogens is 2. The number of nitriles is 1. The lowest BCUT2D eigenvalue weighted by Crippen LogP contribution is -2.16. The van der Waals surface area contributed by atoms with Gasteiger partial charge >= 0.3 is 12.9 Å². The van der Waals surface area contributed by atoms with Crippen LogP contribution in [0, 0.1) is 11.3 Å². The van der Waals surface area contributed by atoms with Gasteiger partial charge in [-0.1, -0.05) is 58.5 Å². The van der Waals surface area contributed by atoms with Crippen molar-refractivity contribution in [3.8, 4) is 23.2 Å². The van der Waals surface area contributed by atoms with Crippen LogP contribution in [0.4, 0.5) is 13.2 Å². The van der Waals surface area contributed by atoms with E-state index in [2.05, 4.69) is 20.9 Å². The molecule has 2 heterocycles. The van der Waals surface area contributed by atoms with Crippen molar-refractivity contribution in [2.24, 2.45) is 0 Å². The van der Waals surface area contributed by atoms with Gasteiger partial charge in [-0.05, 0) is 46.6 Å². The van der Waals surface area contributed by atoms with Crippen LogP contribution < -0.4 is 4.52 Å². The monoisotopic (exact) mass is 727 g/mol. The number of pyridine rings is 1. The van der Waals surface area contributed by atoms with Gasteiger partial charge in [-0.2, -0.15) is 23.4 Å². The van der Waals surface area contributed by atoms with Gasteiger partial charge in [0.2, 0.25) is 5.88 Å². The molecule has 17 heteroatoms. The maximum Gasteiger partial charge on any atom is 0.432 e. The first kappa shape index (κ1) is 34.1. The van der Waals surface area contributed by atoms with E-state index in [0.29, 0.717) is 10.6 Å². The van der Waals surface area contributed by atoms with Gasteiger partial charge < -0.3 is 22.9 Å². The average molecular weight is 730 g/mol. The average Bonchev–Trinajstić information content (AvgIpc) is 3.18. The van der Waals surface area contributed by atoms with Crippen molar-refractivity contribution in [1.29, 1.82) is 5.26 Å². The van der Waals surface area contributed by atoms with Crippen LogP contribution in [-0.4, -0.2) is 30.4 Å². The SMILES string of the molecule is CCOCn1c(-c2ccc(Cl)cc2)c(C#N)c(Br)c1C(F)(F)F.COP(=S)(OC)Oc1nc(Cl)c(Cl)cc1Cl. The first-order valence-electron chi connectivity index (χ1n) is 10.4. The van der Waals surface area contributed by atoms with E-state index in [1.54, 1.807) is 31.2 Å². The molecule has 2 aromatic heterocycles. The van der Waals surface area contributed by atoms with Crippen molar-refractivity contribution in [1.82, 2.24) is 9.55 Å². The Balaban J connectivity index is 0.000000293. The summed E-state index contributed by atoms with van der Waals surface area (Å²) in [5.41, 5.74) is -0.467. The van der Waals surface area contributed by atoms with Crippen LogP contribution >= 0.6 is 69.1 Å². The summed E-state index contributed by atoms with van der Waals surface area (Å²) in [6.45, 7) is -1.27. The van der Waals surface area contributed by atoms with Gasteiger partial charge in [-0.15, -0.1) is 0 Å². The minimum atomic E-state index is -4.63. The molecule has 0 atom stereocenters. The highest BCUT2D eigenvalue weighted by molar-refractivity contribution is 9.10. The van der Waals surface area contributed by atoms with E-state index in [1.807, 2.05) is 6.07 Å². The molecule has 0 fully saturated rings. The second-order valence-electron chi connectivity index (χ2n) is 7.00. The third-order valence-electron chi connectivity index (χ3n) is 4.63. The Morgan fingerprint density at radius 3 is 2.18 bits per heavy atom. The third kappa shape index (κ3) is 8.69. The summed E-state index contributed by atoms with van der Waals surface area (Å²) in [5.74, 6) is 0.0306. The Bertz CT molecular complexity index is 1400. The lowest BCUT2D eigenvalue weighted by molar-refractivity contribution is -0.146. The summed E-state index contributed by atoms with van der Waals surface area (Å²) in [4.78, 5) is 3.83. The zero-order valence-corrected chi connectivity index (χ0v) is 26.5. The molecule has 0 amide bonds. The van der Waals surface area contributed by atoms with Crippen molar-refractivity contribution in [3.05, 3.63) is 66.3 Å². The molecule has 0 unspecified atom stereocenters. The van der Waals surface area contributed by atoms with E-state index in [9.17, 15) is 18.4 Å². The summed E-state index contributed by atoms with van der Waals surface area (Å²) in [6, 6.07) is 9.46. The highest BCUT2D eigenvalue weighted by atomic mass is 79.9. The normalized spacial score (nSPS) is 11.5. The predicted octanol–water partition coefficient (Wildman–Crippen LogP) is 9.39. The first-order chi connectivity index (χ1) is 18.2. The van der Waals surface area contributed by atoms with Crippen molar-refractivity contribution in [2.45, 2.75) is 19.8 Å². The number of hydrogen-bond acceptors (Lipinski definition) is 7. The van der Waals surface area contributed by atoms with Crippen LogP contribution in [0.2, 0.25) is 20.2 Å². The fourth-order valence-electron chi connectivity index (χ4n) is 2.93. The molecule has 7 nitrogen and oxygen atoms in total. The number of halogens is 8. The summed E-state index contributed by atoms with van der Waals surface area (Å²) >= 11 is 31.0. The standard InChI is InChI=1S/C15H11BrClF3N2O.C7H7Cl3NO3PS/c1-2-23-8-22-13(9-3-5-10(17)6-4-9)11(7-21)12(16)14(22)15(18,19)20;1-12-15(16,13-2)14-7-5(9)3-4(8)6(10)11-7/h3-6H,2,8H2,1H3;3H,1-2H3. The molecule has 0 aliphatic carbocycles. The summed E-state index contributed by atoms with van der Waals surface area (Å²) < 4.78 is 61.2. The maximum atomic E-state index is 13.4. The Morgan fingerprint density at radius 1 is 1.10 bits per heavy atom. The summed E-state index contributed by atoms with van der Waals surface area (Å²) in [7, 11) is 2.74. The molecule has 1 aromatic carbocycles. The van der Waals surface area contributed by atoms with Gasteiger partial charge in [0.1, 0.15) is 23.5 Å². The fourth-order valence-corrected chi connectivity index (χ4v) is 5.22. The van der Waals surface area contributed by atoms with E-state index in [4.69, 9.17) is 76.5 Å². The molecule has 0 radical (unpaired) electrons. The first-order valence-corrected chi connectivity index (χ1v) is 15.2. The van der Waals surface area contributed by atoms with Crippen LogP contribution in [-0.2, 0) is 38.5 Å². The minimum absolute atomic E-state index is 0.0306. The van der Waals surface area contributed by atoms with Crippen molar-refractivity contribution >= 4 is 80.9 Å². The van der Waals surface area contributed by atoms with Gasteiger partial charge in [-0.3, -0.25) is 0 Å². The highest BCUT2D eigenvalue weighted by Gasteiger charge is 2.40. The molecule has 3 aromatic rings. The molecule has 0 aliphatic rings. The van der Waals surface area contributed by atoms with Crippen molar-refractivity contribution in [2.75, 3.05) is 20.8 Å². The Kier molecular flexibility index (Phi) is 12.8. The highest BCUT2D eigenvalue weighted by Crippen LogP contribution is 2.49. The maximum absolute atomic E-state index is 13.4. The summed E-state index contributed by atoms with van der Waals surface area (Å²) in [6.07, 6.45) is -4.63. The molecular weight excluding hydrogens is 712 g/mol. The van der Waals surface area contributed by atoms with E-state index in [1.165, 1.54) is 20.3 Å². The van der Waals surface area contributed by atoms with Gasteiger partial charge in [0.25, 0.3) is 0 Å². The lowest BCUT2D eigenvalue weighted by atomic mass is 10.1. The van der Waals surface area contributed by atoms with E-state index in [0.717, 1.165) is 4.57 Å². The number of ether oxygens (including phenoxy) is 1. The Morgan fingerprint density at radius 2 is 1.69 bits per heavy atom. The smallest absolute Gasteiger partial charge is 0.404 e. The van der Waals surface area contributed by atoms with Crippen LogP contribution in [0.25, 0.3) is 11.3 Å². The molecular formula is C22H18BrCl4F3N3O4PS. The largest absolute Gasteiger partial charge is 0.432 e. The molecule has 3 rings (SSSR count). The third-order valence-corrected chi connectivity index (χ3v) is 9.00. The molecule has 0 saturated carbocycles. The van der Waals surface area contributed by atoms with Gasteiger partial charge in [-0.25, -0.2) is 0 Å². The van der Waals surface area contributed by atoms with E-state index in [-0.39, 0.29) is 50.1 Å². The van der Waals surface area contributed by atoms with Crippen molar-refractivity contribution in [3.63, 3.8) is 0 Å². The van der Waals surface area contributed by atoms with Crippen LogP contribution in [0.3, 0.4) is 0 Å². The van der Waals surface area contributed by atoms with Crippen LogP contribution in [0.5, 0.6) is 5.88 Å². The molecule has 0 aliphatic heterocycles. The second kappa shape index (κ2) is 14.7. The van der Waals surface area contributed by atoms with Crippen LogP contribution in [0.15, 0.2) is 34.8 Å². The number of benzene rings is 1. The van der Waals surface area contributed by atoms with Crippen LogP contribution in [0.1, 0.15) is 18.2 Å². The molecule has 0 N–H and O–H groups in total. The quantitative estimate of drug-likeness (QED) is 0.169. The topological polar surface area (TPSA) is 78.5 Å². The van der Waals surface area contributed by atoms with Gasteiger partial charge in [0, 0.05) is 37.7 Å². The van der Waals surface area contributed by atoms with E-state index < -0.39 is 18.6 Å². The molecule has 0 saturated heterocycles. The zero-order valence-electron chi connectivity index (χ0n) is 20.2. The predicted molar refractivity (Wildman–Crippen MR) is 152 cm³/mol. The fraction of sp³-hybridized carbons (Fsp3) is 0.273. The lowest BCUT2D eigenvalue weighted by Gasteiger charge is -2.18. The molecule has 0 spiro atoms. The number of nitrogens with zero attached hydrogens (tertiary/aromatic N) is 3. The molecule has 39 heavy (non-hydrogen) atoms. The zero-order chi connectivity index (χ0) is 29.5. The number of hydrogen-bond donors (Lipinski definition) is 0. The van der Waals surface area contributed by atoms with E-state index >= 15 is 0 Å². The van der Waals surface area contributed by atoms with Gasteiger partial charge in [0.15, 0.2) is 5.15 Å².